The number of hydrogen-bond donors (Lipinski definition) is 1. The van der Waals surface area contributed by atoms with Crippen molar-refractivity contribution in [1.29, 1.82) is 0 Å². The summed E-state index contributed by atoms with van der Waals surface area (Å²) in [6.45, 7) is 8.20. The van der Waals surface area contributed by atoms with E-state index in [4.69, 9.17) is 9.47 Å². The molecule has 0 aliphatic carbocycles. The summed E-state index contributed by atoms with van der Waals surface area (Å²) in [5, 5.41) is 3.62. The van der Waals surface area contributed by atoms with Crippen LogP contribution in [0.2, 0.25) is 0 Å². The molecule has 1 aromatic rings. The first kappa shape index (κ1) is 15.3. The van der Waals surface area contributed by atoms with Gasteiger partial charge in [0.25, 0.3) is 0 Å². The van der Waals surface area contributed by atoms with Gasteiger partial charge in [0, 0.05) is 6.61 Å². The average molecular weight is 277 g/mol. The summed E-state index contributed by atoms with van der Waals surface area (Å²) >= 11 is 0. The van der Waals surface area contributed by atoms with Crippen molar-refractivity contribution in [2.75, 3.05) is 13.2 Å². The van der Waals surface area contributed by atoms with Crippen LogP contribution >= 0.6 is 0 Å². The van der Waals surface area contributed by atoms with E-state index in [1.807, 2.05) is 13.8 Å². The van der Waals surface area contributed by atoms with E-state index in [1.54, 1.807) is 0 Å². The molecule has 3 heteroatoms. The molecular weight excluding hydrogens is 250 g/mol. The maximum atomic E-state index is 5.87. The summed E-state index contributed by atoms with van der Waals surface area (Å²) in [6.07, 6.45) is 3.97. The molecule has 0 spiro atoms. The molecule has 1 aliphatic heterocycles. The molecule has 1 fully saturated rings. The van der Waals surface area contributed by atoms with E-state index in [1.165, 1.54) is 12.0 Å². The normalized spacial score (nSPS) is 20.3. The third-order valence-corrected chi connectivity index (χ3v) is 3.56. The Kier molecular flexibility index (Phi) is 5.86. The zero-order chi connectivity index (χ0) is 14.4. The van der Waals surface area contributed by atoms with Crippen LogP contribution < -0.4 is 10.1 Å². The molecule has 1 N–H and O–H groups in total. The van der Waals surface area contributed by atoms with Crippen molar-refractivity contribution in [3.63, 3.8) is 0 Å². The van der Waals surface area contributed by atoms with Crippen molar-refractivity contribution in [3.8, 4) is 5.75 Å². The van der Waals surface area contributed by atoms with Gasteiger partial charge in [0.15, 0.2) is 0 Å². The Morgan fingerprint density at radius 2 is 2.05 bits per heavy atom. The summed E-state index contributed by atoms with van der Waals surface area (Å²) in [7, 11) is 0. The second-order valence-electron chi connectivity index (χ2n) is 5.72. The van der Waals surface area contributed by atoms with Crippen molar-refractivity contribution in [1.82, 2.24) is 5.32 Å². The summed E-state index contributed by atoms with van der Waals surface area (Å²) in [5.41, 5.74) is 1.29. The fourth-order valence-corrected chi connectivity index (χ4v) is 2.66. The highest BCUT2D eigenvalue weighted by Crippen LogP contribution is 2.28. The Morgan fingerprint density at radius 3 is 2.60 bits per heavy atom. The van der Waals surface area contributed by atoms with Crippen LogP contribution in [0.1, 0.15) is 51.6 Å². The van der Waals surface area contributed by atoms with Crippen molar-refractivity contribution in [2.24, 2.45) is 0 Å². The molecule has 0 radical (unpaired) electrons. The molecular formula is C17H27NO2. The highest BCUT2D eigenvalue weighted by Gasteiger charge is 2.26. The van der Waals surface area contributed by atoms with Gasteiger partial charge in [-0.25, -0.2) is 0 Å². The van der Waals surface area contributed by atoms with Crippen LogP contribution in [0.3, 0.4) is 0 Å². The first-order valence-electron chi connectivity index (χ1n) is 7.82. The van der Waals surface area contributed by atoms with Crippen molar-refractivity contribution in [3.05, 3.63) is 29.8 Å². The number of hydrogen-bond acceptors (Lipinski definition) is 3. The van der Waals surface area contributed by atoms with Crippen LogP contribution in [-0.2, 0) is 4.74 Å². The van der Waals surface area contributed by atoms with Crippen LogP contribution in [0, 0.1) is 0 Å². The fourth-order valence-electron chi connectivity index (χ4n) is 2.66. The lowest BCUT2D eigenvalue weighted by molar-refractivity contribution is 0.0782. The van der Waals surface area contributed by atoms with Crippen LogP contribution in [0.5, 0.6) is 5.75 Å². The van der Waals surface area contributed by atoms with Crippen LogP contribution in [-0.4, -0.2) is 25.4 Å². The zero-order valence-electron chi connectivity index (χ0n) is 12.9. The van der Waals surface area contributed by atoms with E-state index in [-0.39, 0.29) is 6.10 Å². The third kappa shape index (κ3) is 4.22. The largest absolute Gasteiger partial charge is 0.491 e. The van der Waals surface area contributed by atoms with E-state index in [9.17, 15) is 0 Å². The van der Waals surface area contributed by atoms with Gasteiger partial charge >= 0.3 is 0 Å². The fraction of sp³-hybridized carbons (Fsp3) is 0.647. The minimum atomic E-state index is 0.216. The maximum Gasteiger partial charge on any atom is 0.119 e. The van der Waals surface area contributed by atoms with E-state index >= 15 is 0 Å². The third-order valence-electron chi connectivity index (χ3n) is 3.56. The van der Waals surface area contributed by atoms with E-state index in [2.05, 4.69) is 36.5 Å². The highest BCUT2D eigenvalue weighted by molar-refractivity contribution is 5.30. The van der Waals surface area contributed by atoms with Gasteiger partial charge in [-0.2, -0.15) is 0 Å². The molecule has 2 unspecified atom stereocenters. The molecule has 20 heavy (non-hydrogen) atoms. The molecule has 1 saturated heterocycles. The smallest absolute Gasteiger partial charge is 0.119 e. The lowest BCUT2D eigenvalue weighted by Crippen LogP contribution is -2.32. The molecule has 0 bridgehead atoms. The molecule has 1 heterocycles. The van der Waals surface area contributed by atoms with Gasteiger partial charge in [-0.1, -0.05) is 19.1 Å². The highest BCUT2D eigenvalue weighted by atomic mass is 16.5. The Labute approximate surface area is 122 Å². The molecule has 0 saturated carbocycles. The summed E-state index contributed by atoms with van der Waals surface area (Å²) in [5.74, 6) is 0.935. The topological polar surface area (TPSA) is 30.5 Å². The van der Waals surface area contributed by atoms with Gasteiger partial charge in [-0.05, 0) is 57.4 Å². The molecule has 112 valence electrons. The van der Waals surface area contributed by atoms with Gasteiger partial charge in [-0.15, -0.1) is 0 Å². The zero-order valence-corrected chi connectivity index (χ0v) is 12.9. The lowest BCUT2D eigenvalue weighted by atomic mass is 9.99. The number of rotatable bonds is 7. The Bertz CT molecular complexity index is 382. The van der Waals surface area contributed by atoms with Crippen LogP contribution in [0.25, 0.3) is 0 Å². The van der Waals surface area contributed by atoms with Gasteiger partial charge in [0.2, 0.25) is 0 Å². The maximum absolute atomic E-state index is 5.87. The predicted octanol–water partition coefficient (Wildman–Crippen LogP) is 3.69. The monoisotopic (exact) mass is 277 g/mol. The van der Waals surface area contributed by atoms with Crippen LogP contribution in [0.4, 0.5) is 0 Å². The second kappa shape index (κ2) is 7.65. The average Bonchev–Trinajstić information content (AvgIpc) is 2.94. The van der Waals surface area contributed by atoms with Crippen molar-refractivity contribution in [2.45, 2.75) is 58.3 Å². The molecule has 0 amide bonds. The number of benzene rings is 1. The first-order valence-corrected chi connectivity index (χ1v) is 7.82. The number of ether oxygens (including phenoxy) is 2. The standard InChI is InChI=1S/C17H27NO2/c1-4-11-18-17(16-6-5-12-19-16)14-7-9-15(10-8-14)20-13(2)3/h7-10,13,16-18H,4-6,11-12H2,1-3H3. The molecule has 1 aromatic carbocycles. The van der Waals surface area contributed by atoms with Crippen molar-refractivity contribution < 1.29 is 9.47 Å². The Hall–Kier alpha value is -1.06. The molecule has 2 atom stereocenters. The molecule has 1 aliphatic rings. The quantitative estimate of drug-likeness (QED) is 0.824. The SMILES string of the molecule is CCCNC(c1ccc(OC(C)C)cc1)C1CCCO1. The van der Waals surface area contributed by atoms with Gasteiger partial charge in [0.1, 0.15) is 5.75 Å². The summed E-state index contributed by atoms with van der Waals surface area (Å²) < 4.78 is 11.6. The molecule has 0 aromatic heterocycles. The predicted molar refractivity (Wildman–Crippen MR) is 82.2 cm³/mol. The Balaban J connectivity index is 2.06. The first-order chi connectivity index (χ1) is 9.70. The summed E-state index contributed by atoms with van der Waals surface area (Å²) in [4.78, 5) is 0. The van der Waals surface area contributed by atoms with E-state index in [0.29, 0.717) is 12.1 Å². The van der Waals surface area contributed by atoms with Crippen molar-refractivity contribution >= 4 is 0 Å². The van der Waals surface area contributed by atoms with Gasteiger partial charge < -0.3 is 14.8 Å². The van der Waals surface area contributed by atoms with Crippen LogP contribution in [0.15, 0.2) is 24.3 Å². The summed E-state index contributed by atoms with van der Waals surface area (Å²) in [6, 6.07) is 8.74. The molecule has 3 nitrogen and oxygen atoms in total. The Morgan fingerprint density at radius 1 is 1.30 bits per heavy atom. The van der Waals surface area contributed by atoms with Gasteiger partial charge in [-0.3, -0.25) is 0 Å². The molecule has 2 rings (SSSR count). The second-order valence-corrected chi connectivity index (χ2v) is 5.72. The minimum absolute atomic E-state index is 0.216. The van der Waals surface area contributed by atoms with E-state index < -0.39 is 0 Å². The van der Waals surface area contributed by atoms with Gasteiger partial charge in [0.05, 0.1) is 18.2 Å². The van der Waals surface area contributed by atoms with E-state index in [0.717, 1.165) is 31.7 Å². The number of nitrogens with one attached hydrogen (secondary N) is 1. The lowest BCUT2D eigenvalue weighted by Gasteiger charge is -2.25. The minimum Gasteiger partial charge on any atom is -0.491 e.